The molecule has 0 spiro atoms. The lowest BCUT2D eigenvalue weighted by Gasteiger charge is -2.15. The Labute approximate surface area is 123 Å². The molecule has 2 aromatic carbocycles. The molecule has 2 rings (SSSR count). The van der Waals surface area contributed by atoms with E-state index in [4.69, 9.17) is 0 Å². The van der Waals surface area contributed by atoms with Crippen LogP contribution in [0.5, 0.6) is 0 Å². The van der Waals surface area contributed by atoms with Crippen LogP contribution in [0.25, 0.3) is 0 Å². The van der Waals surface area contributed by atoms with Crippen molar-refractivity contribution in [1.82, 2.24) is 5.32 Å². The Hall–Kier alpha value is -1.75. The van der Waals surface area contributed by atoms with Crippen molar-refractivity contribution in [2.75, 3.05) is 0 Å². The number of hydrogen-bond acceptors (Lipinski definition) is 1. The van der Waals surface area contributed by atoms with Crippen LogP contribution in [0.15, 0.2) is 46.9 Å². The molecule has 0 aliphatic rings. The fraction of sp³-hybridized carbons (Fsp3) is 0.133. The summed E-state index contributed by atoms with van der Waals surface area (Å²) >= 11 is 3.28. The standard InChI is InChI=1S/C15H12BrF2NO/c1-9(11-7-6-10(17)8-14(11)18)19-15(20)12-4-2-3-5-13(12)16/h2-9H,1H3,(H,19,20)/t9-/m1/s1. The Balaban J connectivity index is 2.17. The summed E-state index contributed by atoms with van der Waals surface area (Å²) in [6, 6.07) is 9.68. The van der Waals surface area contributed by atoms with Gasteiger partial charge in [-0.1, -0.05) is 18.2 Å². The molecule has 0 saturated carbocycles. The Morgan fingerprint density at radius 2 is 1.90 bits per heavy atom. The number of carbonyl (C=O) groups is 1. The van der Waals surface area contributed by atoms with Gasteiger partial charge in [0.25, 0.3) is 5.91 Å². The first-order valence-electron chi connectivity index (χ1n) is 5.99. The van der Waals surface area contributed by atoms with E-state index in [-0.39, 0.29) is 11.5 Å². The van der Waals surface area contributed by atoms with Crippen LogP contribution in [-0.4, -0.2) is 5.91 Å². The molecule has 0 bridgehead atoms. The number of hydrogen-bond donors (Lipinski definition) is 1. The molecule has 2 aromatic rings. The molecule has 1 N–H and O–H groups in total. The Morgan fingerprint density at radius 1 is 1.20 bits per heavy atom. The Bertz CT molecular complexity index is 646. The molecule has 0 fully saturated rings. The fourth-order valence-electron chi connectivity index (χ4n) is 1.85. The first kappa shape index (κ1) is 14.7. The molecule has 0 unspecified atom stereocenters. The molecule has 0 saturated heterocycles. The van der Waals surface area contributed by atoms with E-state index in [0.717, 1.165) is 6.07 Å². The van der Waals surface area contributed by atoms with Gasteiger partial charge >= 0.3 is 0 Å². The summed E-state index contributed by atoms with van der Waals surface area (Å²) in [5.41, 5.74) is 0.702. The first-order chi connectivity index (χ1) is 9.49. The number of benzene rings is 2. The monoisotopic (exact) mass is 339 g/mol. The predicted octanol–water partition coefficient (Wildman–Crippen LogP) is 4.22. The molecule has 0 heterocycles. The van der Waals surface area contributed by atoms with Crippen LogP contribution >= 0.6 is 15.9 Å². The third kappa shape index (κ3) is 3.22. The molecular formula is C15H12BrF2NO. The van der Waals surface area contributed by atoms with E-state index >= 15 is 0 Å². The van der Waals surface area contributed by atoms with Crippen molar-refractivity contribution in [3.05, 3.63) is 69.7 Å². The average Bonchev–Trinajstić information content (AvgIpc) is 2.38. The summed E-state index contributed by atoms with van der Waals surface area (Å²) < 4.78 is 27.1. The molecule has 1 atom stereocenters. The van der Waals surface area contributed by atoms with Crippen molar-refractivity contribution >= 4 is 21.8 Å². The van der Waals surface area contributed by atoms with Gasteiger partial charge in [-0.05, 0) is 41.1 Å². The van der Waals surface area contributed by atoms with Gasteiger partial charge < -0.3 is 5.32 Å². The highest BCUT2D eigenvalue weighted by atomic mass is 79.9. The summed E-state index contributed by atoms with van der Waals surface area (Å²) in [6.07, 6.45) is 0. The zero-order valence-corrected chi connectivity index (χ0v) is 12.2. The second-order valence-electron chi connectivity index (χ2n) is 4.34. The van der Waals surface area contributed by atoms with Crippen LogP contribution in [0.3, 0.4) is 0 Å². The number of rotatable bonds is 3. The molecule has 0 aliphatic carbocycles. The lowest BCUT2D eigenvalue weighted by Crippen LogP contribution is -2.27. The normalized spacial score (nSPS) is 12.0. The topological polar surface area (TPSA) is 29.1 Å². The van der Waals surface area contributed by atoms with Crippen molar-refractivity contribution in [1.29, 1.82) is 0 Å². The van der Waals surface area contributed by atoms with Crippen LogP contribution in [0.4, 0.5) is 8.78 Å². The predicted molar refractivity (Wildman–Crippen MR) is 76.4 cm³/mol. The van der Waals surface area contributed by atoms with Crippen LogP contribution in [-0.2, 0) is 0 Å². The number of nitrogens with one attached hydrogen (secondary N) is 1. The minimum absolute atomic E-state index is 0.242. The van der Waals surface area contributed by atoms with Gasteiger partial charge in [0.2, 0.25) is 0 Å². The van der Waals surface area contributed by atoms with Crippen molar-refractivity contribution in [2.24, 2.45) is 0 Å². The molecule has 0 aliphatic heterocycles. The van der Waals surface area contributed by atoms with Gasteiger partial charge in [0.05, 0.1) is 11.6 Å². The highest BCUT2D eigenvalue weighted by molar-refractivity contribution is 9.10. The maximum absolute atomic E-state index is 13.6. The van der Waals surface area contributed by atoms with Crippen LogP contribution < -0.4 is 5.32 Å². The zero-order valence-electron chi connectivity index (χ0n) is 10.7. The second kappa shape index (κ2) is 6.13. The molecule has 2 nitrogen and oxygen atoms in total. The quantitative estimate of drug-likeness (QED) is 0.891. The van der Waals surface area contributed by atoms with Gasteiger partial charge in [-0.3, -0.25) is 4.79 Å². The van der Waals surface area contributed by atoms with Gasteiger partial charge in [0.15, 0.2) is 0 Å². The lowest BCUT2D eigenvalue weighted by molar-refractivity contribution is 0.0938. The van der Waals surface area contributed by atoms with E-state index in [2.05, 4.69) is 21.2 Å². The maximum Gasteiger partial charge on any atom is 0.252 e. The summed E-state index contributed by atoms with van der Waals surface area (Å²) in [6.45, 7) is 1.64. The van der Waals surface area contributed by atoms with Crippen LogP contribution in [0.1, 0.15) is 28.9 Å². The number of halogens is 3. The third-order valence-electron chi connectivity index (χ3n) is 2.90. The highest BCUT2D eigenvalue weighted by Gasteiger charge is 2.16. The van der Waals surface area contributed by atoms with Crippen molar-refractivity contribution < 1.29 is 13.6 Å². The Morgan fingerprint density at radius 3 is 2.55 bits per heavy atom. The number of carbonyl (C=O) groups excluding carboxylic acids is 1. The van der Waals surface area contributed by atoms with Gasteiger partial charge in [0, 0.05) is 16.1 Å². The molecule has 1 amide bonds. The molecular weight excluding hydrogens is 328 g/mol. The largest absolute Gasteiger partial charge is 0.345 e. The van der Waals surface area contributed by atoms with Gasteiger partial charge in [0.1, 0.15) is 11.6 Å². The summed E-state index contributed by atoms with van der Waals surface area (Å²) in [7, 11) is 0. The van der Waals surface area contributed by atoms with E-state index in [1.54, 1.807) is 31.2 Å². The minimum atomic E-state index is -0.676. The highest BCUT2D eigenvalue weighted by Crippen LogP contribution is 2.20. The molecule has 0 aromatic heterocycles. The average molecular weight is 340 g/mol. The van der Waals surface area contributed by atoms with Crippen molar-refractivity contribution in [2.45, 2.75) is 13.0 Å². The van der Waals surface area contributed by atoms with Crippen molar-refractivity contribution in [3.63, 3.8) is 0 Å². The third-order valence-corrected chi connectivity index (χ3v) is 3.59. The first-order valence-corrected chi connectivity index (χ1v) is 6.78. The summed E-state index contributed by atoms with van der Waals surface area (Å²) in [5.74, 6) is -1.64. The smallest absolute Gasteiger partial charge is 0.252 e. The zero-order chi connectivity index (χ0) is 14.7. The van der Waals surface area contributed by atoms with E-state index in [0.29, 0.717) is 10.0 Å². The van der Waals surface area contributed by atoms with Crippen molar-refractivity contribution in [3.8, 4) is 0 Å². The summed E-state index contributed by atoms with van der Waals surface area (Å²) in [4.78, 5) is 12.1. The van der Waals surface area contributed by atoms with Gasteiger partial charge in [-0.15, -0.1) is 0 Å². The second-order valence-corrected chi connectivity index (χ2v) is 5.20. The van der Waals surface area contributed by atoms with Gasteiger partial charge in [-0.25, -0.2) is 8.78 Å². The van der Waals surface area contributed by atoms with E-state index in [1.807, 2.05) is 0 Å². The summed E-state index contributed by atoms with van der Waals surface area (Å²) in [5, 5.41) is 2.68. The van der Waals surface area contributed by atoms with Crippen LogP contribution in [0.2, 0.25) is 0 Å². The molecule has 5 heteroatoms. The number of amides is 1. The van der Waals surface area contributed by atoms with E-state index in [9.17, 15) is 13.6 Å². The van der Waals surface area contributed by atoms with E-state index in [1.165, 1.54) is 12.1 Å². The maximum atomic E-state index is 13.6. The van der Waals surface area contributed by atoms with E-state index < -0.39 is 17.7 Å². The SMILES string of the molecule is C[C@@H](NC(=O)c1ccccc1Br)c1ccc(F)cc1F. The molecule has 104 valence electrons. The fourth-order valence-corrected chi connectivity index (χ4v) is 2.32. The van der Waals surface area contributed by atoms with Crippen LogP contribution in [0, 0.1) is 11.6 Å². The Kier molecular flexibility index (Phi) is 4.49. The minimum Gasteiger partial charge on any atom is -0.345 e. The van der Waals surface area contributed by atoms with Gasteiger partial charge in [-0.2, -0.15) is 0 Å². The molecule has 0 radical (unpaired) electrons. The molecule has 20 heavy (non-hydrogen) atoms. The lowest BCUT2D eigenvalue weighted by atomic mass is 10.1.